The Balaban J connectivity index is 2.40. The average molecular weight is 251 g/mol. The number of hydrogen-bond donors (Lipinski definition) is 0. The number of fused-ring (bicyclic) bond motifs is 1. The fourth-order valence-corrected chi connectivity index (χ4v) is 2.82. The first-order valence-electron chi connectivity index (χ1n) is 6.60. The molecule has 0 bridgehead atoms. The normalized spacial score (nSPS) is 11.2. The summed E-state index contributed by atoms with van der Waals surface area (Å²) >= 11 is 0. The number of benzene rings is 2. The van der Waals surface area contributed by atoms with Crippen molar-refractivity contribution in [1.29, 1.82) is 0 Å². The van der Waals surface area contributed by atoms with Gasteiger partial charge in [0, 0.05) is 0 Å². The second kappa shape index (κ2) is 4.23. The zero-order valence-electron chi connectivity index (χ0n) is 11.9. The van der Waals surface area contributed by atoms with Gasteiger partial charge < -0.3 is 0 Å². The molecular formula is C17H19N2+. The monoisotopic (exact) mass is 251 g/mol. The van der Waals surface area contributed by atoms with Crippen LogP contribution in [0.5, 0.6) is 0 Å². The summed E-state index contributed by atoms with van der Waals surface area (Å²) in [4.78, 5) is 0. The van der Waals surface area contributed by atoms with Crippen LogP contribution in [0, 0.1) is 13.8 Å². The summed E-state index contributed by atoms with van der Waals surface area (Å²) in [6.45, 7) is 4.30. The number of rotatable bonds is 1. The highest BCUT2D eigenvalue weighted by atomic mass is 15.1. The molecule has 3 aromatic rings. The Bertz CT molecular complexity index is 766. The van der Waals surface area contributed by atoms with Crippen LogP contribution in [0.2, 0.25) is 0 Å². The molecule has 3 rings (SSSR count). The summed E-state index contributed by atoms with van der Waals surface area (Å²) in [5.41, 5.74) is 6.44. The fraction of sp³-hybridized carbons (Fsp3) is 0.235. The predicted molar refractivity (Wildman–Crippen MR) is 79.0 cm³/mol. The van der Waals surface area contributed by atoms with Crippen molar-refractivity contribution in [2.45, 2.75) is 13.8 Å². The van der Waals surface area contributed by atoms with Crippen molar-refractivity contribution >= 4 is 11.0 Å². The van der Waals surface area contributed by atoms with Crippen LogP contribution in [0.15, 0.2) is 42.5 Å². The lowest BCUT2D eigenvalue weighted by atomic mass is 10.1. The highest BCUT2D eigenvalue weighted by molar-refractivity contribution is 5.77. The number of imidazole rings is 1. The van der Waals surface area contributed by atoms with Crippen LogP contribution in [0.1, 0.15) is 11.1 Å². The Labute approximate surface area is 113 Å². The molecule has 0 fully saturated rings. The van der Waals surface area contributed by atoms with Gasteiger partial charge in [0.25, 0.3) is 5.82 Å². The van der Waals surface area contributed by atoms with E-state index in [2.05, 4.69) is 79.5 Å². The van der Waals surface area contributed by atoms with Crippen molar-refractivity contribution in [2.75, 3.05) is 0 Å². The maximum atomic E-state index is 2.28. The zero-order valence-corrected chi connectivity index (χ0v) is 11.9. The minimum absolute atomic E-state index is 1.25. The number of hydrogen-bond acceptors (Lipinski definition) is 0. The predicted octanol–water partition coefficient (Wildman–Crippen LogP) is 3.29. The molecule has 0 amide bonds. The van der Waals surface area contributed by atoms with Crippen LogP contribution in [0.4, 0.5) is 0 Å². The lowest BCUT2D eigenvalue weighted by molar-refractivity contribution is -0.634. The highest BCUT2D eigenvalue weighted by Crippen LogP contribution is 2.24. The zero-order chi connectivity index (χ0) is 13.6. The lowest BCUT2D eigenvalue weighted by Gasteiger charge is -2.02. The molecule has 1 aromatic heterocycles. The third-order valence-corrected chi connectivity index (χ3v) is 3.88. The Morgan fingerprint density at radius 3 is 2.47 bits per heavy atom. The van der Waals surface area contributed by atoms with E-state index in [-0.39, 0.29) is 0 Å². The van der Waals surface area contributed by atoms with Crippen molar-refractivity contribution in [1.82, 2.24) is 4.57 Å². The first kappa shape index (κ1) is 12.0. The van der Waals surface area contributed by atoms with Crippen LogP contribution in [-0.4, -0.2) is 4.57 Å². The molecule has 0 aliphatic heterocycles. The maximum Gasteiger partial charge on any atom is 0.289 e. The molecule has 0 aliphatic rings. The molecule has 0 N–H and O–H groups in total. The van der Waals surface area contributed by atoms with Crippen LogP contribution in [0.3, 0.4) is 0 Å². The quantitative estimate of drug-likeness (QED) is 0.587. The van der Waals surface area contributed by atoms with Gasteiger partial charge in [0.1, 0.15) is 0 Å². The van der Waals surface area contributed by atoms with Crippen molar-refractivity contribution in [2.24, 2.45) is 14.1 Å². The Morgan fingerprint density at radius 2 is 1.74 bits per heavy atom. The van der Waals surface area contributed by atoms with Gasteiger partial charge in [-0.3, -0.25) is 0 Å². The Morgan fingerprint density at radius 1 is 1.00 bits per heavy atom. The van der Waals surface area contributed by atoms with Crippen molar-refractivity contribution in [3.05, 3.63) is 53.6 Å². The summed E-state index contributed by atoms with van der Waals surface area (Å²) in [6.07, 6.45) is 0. The molecular weight excluding hydrogens is 232 g/mol. The molecule has 0 saturated heterocycles. The SMILES string of the molecule is Cc1ccc2c(c1)n(C)c(-c1ccccc1C)[n+]2C. The minimum atomic E-state index is 1.25. The van der Waals surface area contributed by atoms with Gasteiger partial charge in [0.05, 0.1) is 19.7 Å². The standard InChI is InChI=1S/C17H19N2/c1-12-9-10-15-16(11-12)19(4)17(18(15)3)14-8-6-5-7-13(14)2/h5-11H,1-4H3/q+1. The first-order valence-corrected chi connectivity index (χ1v) is 6.60. The summed E-state index contributed by atoms with van der Waals surface area (Å²) in [5, 5.41) is 0. The van der Waals surface area contributed by atoms with Gasteiger partial charge in [-0.25, -0.2) is 9.13 Å². The second-order valence-corrected chi connectivity index (χ2v) is 5.25. The number of nitrogens with zero attached hydrogens (tertiary/aromatic N) is 2. The molecule has 19 heavy (non-hydrogen) atoms. The molecule has 2 heteroatoms. The van der Waals surface area contributed by atoms with E-state index in [0.29, 0.717) is 0 Å². The highest BCUT2D eigenvalue weighted by Gasteiger charge is 2.22. The van der Waals surface area contributed by atoms with Crippen molar-refractivity contribution in [3.8, 4) is 11.4 Å². The topological polar surface area (TPSA) is 8.81 Å². The molecule has 1 heterocycles. The molecule has 0 saturated carbocycles. The molecule has 0 aliphatic carbocycles. The molecule has 0 atom stereocenters. The Kier molecular flexibility index (Phi) is 2.67. The lowest BCUT2D eigenvalue weighted by Crippen LogP contribution is -2.30. The Hall–Kier alpha value is -2.09. The van der Waals surface area contributed by atoms with Gasteiger partial charge in [0.15, 0.2) is 11.0 Å². The van der Waals surface area contributed by atoms with Crippen LogP contribution >= 0.6 is 0 Å². The van der Waals surface area contributed by atoms with Gasteiger partial charge in [-0.15, -0.1) is 0 Å². The van der Waals surface area contributed by atoms with E-state index in [1.54, 1.807) is 0 Å². The smallest absolute Gasteiger partial charge is 0.226 e. The van der Waals surface area contributed by atoms with E-state index in [1.165, 1.54) is 33.5 Å². The van der Waals surface area contributed by atoms with Crippen LogP contribution in [-0.2, 0) is 14.1 Å². The van der Waals surface area contributed by atoms with E-state index < -0.39 is 0 Å². The molecule has 0 radical (unpaired) electrons. The number of aryl methyl sites for hydroxylation is 4. The summed E-state index contributed by atoms with van der Waals surface area (Å²) in [7, 11) is 4.28. The fourth-order valence-electron chi connectivity index (χ4n) is 2.82. The molecule has 0 unspecified atom stereocenters. The van der Waals surface area contributed by atoms with Crippen LogP contribution in [0.25, 0.3) is 22.4 Å². The van der Waals surface area contributed by atoms with E-state index in [0.717, 1.165) is 0 Å². The van der Waals surface area contributed by atoms with Gasteiger partial charge >= 0.3 is 0 Å². The first-order chi connectivity index (χ1) is 9.09. The molecule has 2 aromatic carbocycles. The molecule has 0 spiro atoms. The van der Waals surface area contributed by atoms with E-state index >= 15 is 0 Å². The summed E-state index contributed by atoms with van der Waals surface area (Å²) < 4.78 is 4.56. The van der Waals surface area contributed by atoms with Crippen molar-refractivity contribution < 1.29 is 4.57 Å². The summed E-state index contributed by atoms with van der Waals surface area (Å²) in [5.74, 6) is 1.25. The minimum Gasteiger partial charge on any atom is -0.226 e. The molecule has 96 valence electrons. The second-order valence-electron chi connectivity index (χ2n) is 5.25. The van der Waals surface area contributed by atoms with Crippen LogP contribution < -0.4 is 4.57 Å². The van der Waals surface area contributed by atoms with E-state index in [9.17, 15) is 0 Å². The maximum absolute atomic E-state index is 2.28. The number of aromatic nitrogens is 2. The third-order valence-electron chi connectivity index (χ3n) is 3.88. The van der Waals surface area contributed by atoms with Crippen molar-refractivity contribution in [3.63, 3.8) is 0 Å². The van der Waals surface area contributed by atoms with Gasteiger partial charge in [-0.2, -0.15) is 0 Å². The largest absolute Gasteiger partial charge is 0.289 e. The van der Waals surface area contributed by atoms with Gasteiger partial charge in [-0.05, 0) is 43.2 Å². The van der Waals surface area contributed by atoms with E-state index in [4.69, 9.17) is 0 Å². The van der Waals surface area contributed by atoms with E-state index in [1.807, 2.05) is 0 Å². The third kappa shape index (κ3) is 1.75. The summed E-state index contributed by atoms with van der Waals surface area (Å²) in [6, 6.07) is 15.2. The molecule has 2 nitrogen and oxygen atoms in total. The average Bonchev–Trinajstić information content (AvgIpc) is 2.63. The van der Waals surface area contributed by atoms with Gasteiger partial charge in [0.2, 0.25) is 0 Å². The van der Waals surface area contributed by atoms with Gasteiger partial charge in [-0.1, -0.05) is 24.3 Å².